The fourth-order valence-electron chi connectivity index (χ4n) is 0.659. The highest BCUT2D eigenvalue weighted by Gasteiger charge is 1.94. The number of hydrazine groups is 1. The van der Waals surface area contributed by atoms with Gasteiger partial charge in [-0.05, 0) is 13.8 Å². The molecule has 0 rings (SSSR count). The van der Waals surface area contributed by atoms with Gasteiger partial charge in [-0.25, -0.2) is 5.84 Å². The van der Waals surface area contributed by atoms with Crippen LogP contribution < -0.4 is 16.6 Å². The molecular weight excluding hydrogens is 156 g/mol. The molecule has 0 atom stereocenters. The van der Waals surface area contributed by atoms with Crippen molar-refractivity contribution in [3.05, 3.63) is 0 Å². The van der Waals surface area contributed by atoms with E-state index >= 15 is 0 Å². The fraction of sp³-hybridized carbons (Fsp3) is 0.857. The normalized spacial score (nSPS) is 11.9. The lowest BCUT2D eigenvalue weighted by Gasteiger charge is -2.10. The van der Waals surface area contributed by atoms with Gasteiger partial charge in [-0.3, -0.25) is 10.4 Å². The second-order valence-corrected chi connectivity index (χ2v) is 2.56. The second-order valence-electron chi connectivity index (χ2n) is 2.56. The van der Waals surface area contributed by atoms with Crippen LogP contribution in [0.1, 0.15) is 13.8 Å². The van der Waals surface area contributed by atoms with Gasteiger partial charge in [-0.15, -0.1) is 0 Å². The molecule has 0 aliphatic carbocycles. The monoisotopic (exact) mass is 174 g/mol. The van der Waals surface area contributed by atoms with E-state index in [-0.39, 0.29) is 6.10 Å². The maximum Gasteiger partial charge on any atom is 0.205 e. The summed E-state index contributed by atoms with van der Waals surface area (Å²) in [7, 11) is 1.66. The number of nitrogens with two attached hydrogens (primary N) is 1. The van der Waals surface area contributed by atoms with Crippen LogP contribution in [0.5, 0.6) is 0 Å². The van der Waals surface area contributed by atoms with Crippen LogP contribution in [0.25, 0.3) is 0 Å². The summed E-state index contributed by atoms with van der Waals surface area (Å²) in [5, 5.41) is 2.96. The molecule has 0 heterocycles. The molecule has 0 aliphatic rings. The Balaban J connectivity index is 3.30. The zero-order valence-electron chi connectivity index (χ0n) is 7.92. The Morgan fingerprint density at radius 3 is 2.67 bits per heavy atom. The number of guanidine groups is 1. The molecule has 72 valence electrons. The highest BCUT2D eigenvalue weighted by Crippen LogP contribution is 1.84. The number of hydrogen-bond donors (Lipinski definition) is 3. The molecule has 0 spiro atoms. The van der Waals surface area contributed by atoms with Gasteiger partial charge >= 0.3 is 0 Å². The third kappa shape index (κ3) is 5.94. The summed E-state index contributed by atoms with van der Waals surface area (Å²) in [5.41, 5.74) is 2.42. The smallest absolute Gasteiger partial charge is 0.205 e. The van der Waals surface area contributed by atoms with Gasteiger partial charge in [0.05, 0.1) is 12.7 Å². The largest absolute Gasteiger partial charge is 0.377 e. The fourth-order valence-corrected chi connectivity index (χ4v) is 0.659. The molecule has 0 saturated carbocycles. The van der Waals surface area contributed by atoms with Crippen LogP contribution in [0, 0.1) is 0 Å². The van der Waals surface area contributed by atoms with Gasteiger partial charge in [0.1, 0.15) is 0 Å². The molecular formula is C7H18N4O. The molecule has 0 aliphatic heterocycles. The van der Waals surface area contributed by atoms with Gasteiger partial charge in [-0.1, -0.05) is 0 Å². The number of hydrogen-bond acceptors (Lipinski definition) is 3. The first-order valence-electron chi connectivity index (χ1n) is 3.99. The van der Waals surface area contributed by atoms with E-state index in [9.17, 15) is 0 Å². The summed E-state index contributed by atoms with van der Waals surface area (Å²) >= 11 is 0. The van der Waals surface area contributed by atoms with Crippen LogP contribution >= 0.6 is 0 Å². The van der Waals surface area contributed by atoms with Crippen molar-refractivity contribution < 1.29 is 4.74 Å². The molecule has 0 amide bonds. The quantitative estimate of drug-likeness (QED) is 0.176. The summed E-state index contributed by atoms with van der Waals surface area (Å²) < 4.78 is 5.30. The Hall–Kier alpha value is -0.810. The van der Waals surface area contributed by atoms with Crippen LogP contribution in [-0.2, 0) is 4.74 Å². The maximum absolute atomic E-state index is 5.30. The summed E-state index contributed by atoms with van der Waals surface area (Å²) in [5.74, 6) is 5.71. The zero-order chi connectivity index (χ0) is 9.40. The third-order valence-corrected chi connectivity index (χ3v) is 1.21. The van der Waals surface area contributed by atoms with Crippen molar-refractivity contribution in [2.45, 2.75) is 20.0 Å². The number of ether oxygens (including phenoxy) is 1. The van der Waals surface area contributed by atoms with Crippen LogP contribution in [-0.4, -0.2) is 32.3 Å². The summed E-state index contributed by atoms with van der Waals surface area (Å²) in [6.45, 7) is 5.35. The molecule has 0 aromatic heterocycles. The topological polar surface area (TPSA) is 71.7 Å². The van der Waals surface area contributed by atoms with Crippen molar-refractivity contribution in [2.75, 3.05) is 20.2 Å². The molecule has 0 saturated heterocycles. The van der Waals surface area contributed by atoms with E-state index in [2.05, 4.69) is 15.7 Å². The van der Waals surface area contributed by atoms with E-state index in [0.29, 0.717) is 19.1 Å². The summed E-state index contributed by atoms with van der Waals surface area (Å²) in [4.78, 5) is 3.84. The Bertz CT molecular complexity index is 135. The first-order valence-corrected chi connectivity index (χ1v) is 3.99. The number of rotatable bonds is 4. The van der Waals surface area contributed by atoms with Crippen molar-refractivity contribution in [1.82, 2.24) is 10.7 Å². The molecule has 0 unspecified atom stereocenters. The lowest BCUT2D eigenvalue weighted by atomic mass is 10.5. The Labute approximate surface area is 73.3 Å². The minimum absolute atomic E-state index is 0.264. The zero-order valence-corrected chi connectivity index (χ0v) is 7.92. The van der Waals surface area contributed by atoms with Gasteiger partial charge in [0, 0.05) is 13.6 Å². The number of nitrogens with one attached hydrogen (secondary N) is 2. The van der Waals surface area contributed by atoms with Crippen molar-refractivity contribution in [3.8, 4) is 0 Å². The molecule has 0 bridgehead atoms. The van der Waals surface area contributed by atoms with E-state index in [1.807, 2.05) is 13.8 Å². The predicted molar refractivity (Wildman–Crippen MR) is 49.8 cm³/mol. The molecule has 0 fully saturated rings. The maximum atomic E-state index is 5.30. The van der Waals surface area contributed by atoms with Crippen molar-refractivity contribution >= 4 is 5.96 Å². The van der Waals surface area contributed by atoms with Crippen molar-refractivity contribution in [2.24, 2.45) is 10.8 Å². The van der Waals surface area contributed by atoms with E-state index in [1.165, 1.54) is 0 Å². The SMILES string of the molecule is CN=C(NN)NCCOC(C)C. The van der Waals surface area contributed by atoms with E-state index in [0.717, 1.165) is 0 Å². The minimum atomic E-state index is 0.264. The number of aliphatic imine (C=N–C) groups is 1. The first kappa shape index (κ1) is 11.2. The molecule has 5 heteroatoms. The summed E-state index contributed by atoms with van der Waals surface area (Å²) in [6.07, 6.45) is 0.264. The summed E-state index contributed by atoms with van der Waals surface area (Å²) in [6, 6.07) is 0. The second kappa shape index (κ2) is 6.87. The molecule has 5 nitrogen and oxygen atoms in total. The lowest BCUT2D eigenvalue weighted by molar-refractivity contribution is 0.0829. The van der Waals surface area contributed by atoms with Crippen LogP contribution in [0.2, 0.25) is 0 Å². The number of nitrogens with zero attached hydrogens (tertiary/aromatic N) is 1. The standard InChI is InChI=1S/C7H18N4O/c1-6(2)12-5-4-10-7(9-3)11-8/h6H,4-5,8H2,1-3H3,(H2,9,10,11). The molecule has 0 aromatic carbocycles. The Kier molecular flexibility index (Phi) is 6.41. The van der Waals surface area contributed by atoms with Crippen LogP contribution in [0.3, 0.4) is 0 Å². The highest BCUT2D eigenvalue weighted by atomic mass is 16.5. The van der Waals surface area contributed by atoms with Crippen LogP contribution in [0.15, 0.2) is 4.99 Å². The highest BCUT2D eigenvalue weighted by molar-refractivity contribution is 5.78. The Morgan fingerprint density at radius 2 is 2.25 bits per heavy atom. The van der Waals surface area contributed by atoms with Gasteiger partial charge in [0.25, 0.3) is 0 Å². The van der Waals surface area contributed by atoms with E-state index < -0.39 is 0 Å². The molecule has 12 heavy (non-hydrogen) atoms. The first-order chi connectivity index (χ1) is 5.70. The third-order valence-electron chi connectivity index (χ3n) is 1.21. The molecule has 0 radical (unpaired) electrons. The van der Waals surface area contributed by atoms with E-state index in [1.54, 1.807) is 7.05 Å². The minimum Gasteiger partial charge on any atom is -0.377 e. The molecule has 4 N–H and O–H groups in total. The van der Waals surface area contributed by atoms with Gasteiger partial charge < -0.3 is 10.1 Å². The van der Waals surface area contributed by atoms with Crippen molar-refractivity contribution in [1.29, 1.82) is 0 Å². The van der Waals surface area contributed by atoms with Gasteiger partial charge in [0.15, 0.2) is 0 Å². The molecule has 0 aromatic rings. The van der Waals surface area contributed by atoms with Crippen LogP contribution in [0.4, 0.5) is 0 Å². The Morgan fingerprint density at radius 1 is 1.58 bits per heavy atom. The predicted octanol–water partition coefficient (Wildman–Crippen LogP) is -0.550. The van der Waals surface area contributed by atoms with E-state index in [4.69, 9.17) is 10.6 Å². The lowest BCUT2D eigenvalue weighted by Crippen LogP contribution is -2.42. The average molecular weight is 174 g/mol. The average Bonchev–Trinajstić information content (AvgIpc) is 2.04. The van der Waals surface area contributed by atoms with Gasteiger partial charge in [0.2, 0.25) is 5.96 Å². The van der Waals surface area contributed by atoms with Crippen molar-refractivity contribution in [3.63, 3.8) is 0 Å². The van der Waals surface area contributed by atoms with Gasteiger partial charge in [-0.2, -0.15) is 0 Å².